The van der Waals surface area contributed by atoms with Gasteiger partial charge in [-0.15, -0.1) is 0 Å². The average molecular weight is 653 g/mol. The van der Waals surface area contributed by atoms with E-state index >= 15 is 0 Å². The van der Waals surface area contributed by atoms with Gasteiger partial charge in [-0.1, -0.05) is 54.6 Å². The van der Waals surface area contributed by atoms with Crippen molar-refractivity contribution >= 4 is 8.53 Å². The van der Waals surface area contributed by atoms with Crippen molar-refractivity contribution in [1.82, 2.24) is 4.67 Å². The molecule has 3 aromatic carbocycles. The molecule has 0 aromatic heterocycles. The minimum Gasteiger partial charge on any atom is -0.497 e. The molecule has 250 valence electrons. The summed E-state index contributed by atoms with van der Waals surface area (Å²) in [5.74, 6) is 1.50. The molecule has 0 saturated carbocycles. The summed E-state index contributed by atoms with van der Waals surface area (Å²) in [7, 11) is 3.49. The van der Waals surface area contributed by atoms with Crippen LogP contribution >= 0.6 is 8.53 Å². The number of ether oxygens (including phenoxy) is 5. The summed E-state index contributed by atoms with van der Waals surface area (Å²) in [5.41, 5.74) is 1.80. The zero-order chi connectivity index (χ0) is 33.4. The third kappa shape index (κ3) is 10.2. The molecule has 2 atom stereocenters. The highest BCUT2D eigenvalue weighted by Crippen LogP contribution is 2.46. The van der Waals surface area contributed by atoms with Gasteiger partial charge < -0.3 is 32.7 Å². The molecule has 46 heavy (non-hydrogen) atoms. The van der Waals surface area contributed by atoms with Crippen LogP contribution in [0.4, 0.5) is 0 Å². The molecule has 10 heteroatoms. The van der Waals surface area contributed by atoms with Crippen LogP contribution in [0.3, 0.4) is 0 Å². The fraction of sp³-hybridized carbons (Fsp3) is 0.472. The van der Waals surface area contributed by atoms with Crippen LogP contribution in [0.2, 0.25) is 0 Å². The van der Waals surface area contributed by atoms with Gasteiger partial charge in [0, 0.05) is 19.2 Å². The number of nitriles is 1. The van der Waals surface area contributed by atoms with E-state index < -0.39 is 20.2 Å². The summed E-state index contributed by atoms with van der Waals surface area (Å²) in [6, 6.07) is 28.5. The first-order chi connectivity index (χ1) is 22.3. The van der Waals surface area contributed by atoms with Gasteiger partial charge in [-0.3, -0.25) is 0 Å². The van der Waals surface area contributed by atoms with E-state index in [2.05, 4.69) is 50.6 Å². The lowest BCUT2D eigenvalue weighted by atomic mass is 9.80. The second-order valence-corrected chi connectivity index (χ2v) is 12.6. The molecule has 0 spiro atoms. The Labute approximate surface area is 276 Å². The molecule has 3 aromatic rings. The molecule has 0 heterocycles. The number of benzene rings is 3. The maximum absolute atomic E-state index is 9.12. The van der Waals surface area contributed by atoms with Crippen molar-refractivity contribution in [1.29, 1.82) is 5.26 Å². The molecular formula is C36H49N2O7P. The summed E-state index contributed by atoms with van der Waals surface area (Å²) >= 11 is 0. The molecule has 1 unspecified atom stereocenters. The predicted molar refractivity (Wildman–Crippen MR) is 181 cm³/mol. The third-order valence-electron chi connectivity index (χ3n) is 7.33. The maximum atomic E-state index is 9.12. The summed E-state index contributed by atoms with van der Waals surface area (Å²) < 4.78 is 44.5. The molecule has 0 aliphatic heterocycles. The van der Waals surface area contributed by atoms with Crippen molar-refractivity contribution in [2.45, 2.75) is 57.9 Å². The van der Waals surface area contributed by atoms with E-state index in [0.717, 1.165) is 28.2 Å². The maximum Gasteiger partial charge on any atom is 0.259 e. The molecule has 0 radical (unpaired) electrons. The Morgan fingerprint density at radius 2 is 1.24 bits per heavy atom. The van der Waals surface area contributed by atoms with Gasteiger partial charge in [0.2, 0.25) is 0 Å². The molecular weight excluding hydrogens is 603 g/mol. The minimum atomic E-state index is -1.46. The van der Waals surface area contributed by atoms with Gasteiger partial charge in [0.1, 0.15) is 23.2 Å². The molecule has 0 aliphatic rings. The van der Waals surface area contributed by atoms with Crippen molar-refractivity contribution < 1.29 is 32.7 Å². The highest BCUT2D eigenvalue weighted by molar-refractivity contribution is 7.44. The standard InChI is InChI=1S/C36H49N2O7P/c1-28(2)38(29(3)4)46(44-23-11-22-37)45-27-35(42-25-24-39-5)26-43-36(30-12-9-8-10-13-30,31-14-18-33(40-6)19-15-31)32-16-20-34(41-7)21-17-32/h8-10,12-21,28-29,35H,11,23-27H2,1-7H3/t35-,46?/m0/s1. The van der Waals surface area contributed by atoms with E-state index in [-0.39, 0.29) is 38.3 Å². The van der Waals surface area contributed by atoms with Crippen LogP contribution in [0, 0.1) is 11.3 Å². The van der Waals surface area contributed by atoms with E-state index in [9.17, 15) is 0 Å². The van der Waals surface area contributed by atoms with E-state index in [1.807, 2.05) is 66.7 Å². The van der Waals surface area contributed by atoms with Gasteiger partial charge in [0.05, 0.1) is 59.7 Å². The molecule has 0 bridgehead atoms. The lowest BCUT2D eigenvalue weighted by Crippen LogP contribution is -2.38. The lowest BCUT2D eigenvalue weighted by Gasteiger charge is -2.38. The minimum absolute atomic E-state index is 0.174. The molecule has 3 rings (SSSR count). The first kappa shape index (κ1) is 37.4. The van der Waals surface area contributed by atoms with Crippen LogP contribution in [-0.4, -0.2) is 77.2 Å². The molecule has 0 fully saturated rings. The number of hydrogen-bond acceptors (Lipinski definition) is 9. The normalized spacial score (nSPS) is 13.2. The topological polar surface area (TPSA) is 91.6 Å². The second-order valence-electron chi connectivity index (χ2n) is 11.1. The van der Waals surface area contributed by atoms with Gasteiger partial charge in [0.25, 0.3) is 8.53 Å². The fourth-order valence-corrected chi connectivity index (χ4v) is 6.83. The van der Waals surface area contributed by atoms with Crippen molar-refractivity contribution in [3.8, 4) is 17.6 Å². The van der Waals surface area contributed by atoms with Crippen LogP contribution in [-0.2, 0) is 28.9 Å². The molecule has 0 saturated heterocycles. The van der Waals surface area contributed by atoms with Gasteiger partial charge in [-0.25, -0.2) is 4.67 Å². The average Bonchev–Trinajstić information content (AvgIpc) is 3.07. The van der Waals surface area contributed by atoms with Gasteiger partial charge >= 0.3 is 0 Å². The number of hydrogen-bond donors (Lipinski definition) is 0. The Hall–Kier alpha value is -3.06. The van der Waals surface area contributed by atoms with E-state index in [1.54, 1.807) is 21.3 Å². The van der Waals surface area contributed by atoms with Crippen molar-refractivity contribution in [2.24, 2.45) is 0 Å². The predicted octanol–water partition coefficient (Wildman–Crippen LogP) is 7.34. The number of nitrogens with zero attached hydrogens (tertiary/aromatic N) is 2. The van der Waals surface area contributed by atoms with Crippen molar-refractivity contribution in [3.63, 3.8) is 0 Å². The van der Waals surface area contributed by atoms with Crippen LogP contribution in [0.1, 0.15) is 50.8 Å². The summed E-state index contributed by atoms with van der Waals surface area (Å²) in [6.07, 6.45) is -0.174. The Morgan fingerprint density at radius 1 is 0.696 bits per heavy atom. The summed E-state index contributed by atoms with van der Waals surface area (Å²) in [5, 5.41) is 9.12. The molecule has 0 amide bonds. The Kier molecular flexibility index (Phi) is 15.9. The summed E-state index contributed by atoms with van der Waals surface area (Å²) in [4.78, 5) is 0. The van der Waals surface area contributed by atoms with Gasteiger partial charge in [-0.2, -0.15) is 5.26 Å². The van der Waals surface area contributed by atoms with Gasteiger partial charge in [-0.05, 0) is 68.7 Å². The van der Waals surface area contributed by atoms with E-state index in [4.69, 9.17) is 38.0 Å². The highest BCUT2D eigenvalue weighted by Gasteiger charge is 2.39. The van der Waals surface area contributed by atoms with Crippen molar-refractivity contribution in [2.75, 3.05) is 54.4 Å². The second kappa shape index (κ2) is 19.6. The Bertz CT molecular complexity index is 1250. The molecule has 9 nitrogen and oxygen atoms in total. The Balaban J connectivity index is 2.03. The first-order valence-electron chi connectivity index (χ1n) is 15.6. The monoisotopic (exact) mass is 652 g/mol. The third-order valence-corrected chi connectivity index (χ3v) is 9.41. The molecule has 0 aliphatic carbocycles. The SMILES string of the molecule is COCCO[C@H](COP(OCCC#N)N(C(C)C)C(C)C)COC(c1ccccc1)(c1ccc(OC)cc1)c1ccc(OC)cc1. The smallest absolute Gasteiger partial charge is 0.259 e. The number of rotatable bonds is 21. The lowest BCUT2D eigenvalue weighted by molar-refractivity contribution is -0.0856. The number of methoxy groups -OCH3 is 3. The van der Waals surface area contributed by atoms with Crippen LogP contribution < -0.4 is 9.47 Å². The van der Waals surface area contributed by atoms with Crippen LogP contribution in [0.15, 0.2) is 78.9 Å². The first-order valence-corrected chi connectivity index (χ1v) is 16.7. The van der Waals surface area contributed by atoms with E-state index in [0.29, 0.717) is 13.2 Å². The van der Waals surface area contributed by atoms with Gasteiger partial charge in [0.15, 0.2) is 0 Å². The fourth-order valence-electron chi connectivity index (χ4n) is 5.19. The highest BCUT2D eigenvalue weighted by atomic mass is 31.2. The zero-order valence-electron chi connectivity index (χ0n) is 28.2. The summed E-state index contributed by atoms with van der Waals surface area (Å²) in [6.45, 7) is 9.93. The Morgan fingerprint density at radius 3 is 1.72 bits per heavy atom. The quantitative estimate of drug-likeness (QED) is 0.0666. The van der Waals surface area contributed by atoms with E-state index in [1.165, 1.54) is 0 Å². The molecule has 0 N–H and O–H groups in total. The zero-order valence-corrected chi connectivity index (χ0v) is 29.1. The van der Waals surface area contributed by atoms with Crippen molar-refractivity contribution in [3.05, 3.63) is 95.6 Å². The largest absolute Gasteiger partial charge is 0.497 e. The van der Waals surface area contributed by atoms with Crippen LogP contribution in [0.25, 0.3) is 0 Å². The van der Waals surface area contributed by atoms with Crippen LogP contribution in [0.5, 0.6) is 11.5 Å².